The Bertz CT molecular complexity index is 759. The first-order valence-electron chi connectivity index (χ1n) is 8.96. The molecule has 0 atom stereocenters. The average molecular weight is 402 g/mol. The molecule has 2 aromatic carbocycles. The number of fused-ring (bicyclic) bond motifs is 1. The number of piperazine rings is 1. The number of benzene rings is 2. The van der Waals surface area contributed by atoms with E-state index in [2.05, 4.69) is 67.4 Å². The summed E-state index contributed by atoms with van der Waals surface area (Å²) in [4.78, 5) is 4.86. The molecular formula is C20H24BrN3O. The van der Waals surface area contributed by atoms with Gasteiger partial charge in [-0.3, -0.25) is 0 Å². The molecule has 0 amide bonds. The summed E-state index contributed by atoms with van der Waals surface area (Å²) in [5, 5.41) is 3.42. The van der Waals surface area contributed by atoms with Crippen molar-refractivity contribution in [2.24, 2.45) is 0 Å². The maximum Gasteiger partial charge on any atom is 0.142 e. The molecule has 25 heavy (non-hydrogen) atoms. The highest BCUT2D eigenvalue weighted by atomic mass is 79.9. The standard InChI is InChI=1S/C20H24BrN3O/c1-25-20-7-5-17(14-19(20)23-11-8-22-9-12-23)24-10-2-3-15-13-16(21)4-6-18(15)24/h4-7,13-14,22H,2-3,8-12H2,1H3. The van der Waals surface area contributed by atoms with Gasteiger partial charge in [-0.1, -0.05) is 15.9 Å². The number of ether oxygens (including phenoxy) is 1. The largest absolute Gasteiger partial charge is 0.495 e. The van der Waals surface area contributed by atoms with E-state index in [1.165, 1.54) is 29.0 Å². The number of rotatable bonds is 3. The summed E-state index contributed by atoms with van der Waals surface area (Å²) < 4.78 is 6.80. The Balaban J connectivity index is 1.72. The van der Waals surface area contributed by atoms with E-state index in [0.717, 1.165) is 49.4 Å². The van der Waals surface area contributed by atoms with E-state index < -0.39 is 0 Å². The molecule has 0 unspecified atom stereocenters. The summed E-state index contributed by atoms with van der Waals surface area (Å²) in [6.45, 7) is 5.14. The van der Waals surface area contributed by atoms with Crippen LogP contribution in [-0.2, 0) is 6.42 Å². The van der Waals surface area contributed by atoms with Crippen LogP contribution in [0.3, 0.4) is 0 Å². The number of halogens is 1. The van der Waals surface area contributed by atoms with Gasteiger partial charge in [0.2, 0.25) is 0 Å². The number of methoxy groups -OCH3 is 1. The lowest BCUT2D eigenvalue weighted by Crippen LogP contribution is -2.43. The van der Waals surface area contributed by atoms with Gasteiger partial charge in [-0.2, -0.15) is 0 Å². The first-order valence-corrected chi connectivity index (χ1v) is 9.75. The Morgan fingerprint density at radius 2 is 1.84 bits per heavy atom. The Morgan fingerprint density at radius 3 is 2.64 bits per heavy atom. The van der Waals surface area contributed by atoms with Crippen molar-refractivity contribution >= 4 is 33.0 Å². The predicted molar refractivity (Wildman–Crippen MR) is 108 cm³/mol. The van der Waals surface area contributed by atoms with Crippen LogP contribution < -0.4 is 19.9 Å². The van der Waals surface area contributed by atoms with E-state index >= 15 is 0 Å². The van der Waals surface area contributed by atoms with Gasteiger partial charge in [-0.05, 0) is 54.8 Å². The molecule has 4 nitrogen and oxygen atoms in total. The molecular weight excluding hydrogens is 378 g/mol. The summed E-state index contributed by atoms with van der Waals surface area (Å²) >= 11 is 3.60. The SMILES string of the molecule is COc1ccc(N2CCCc3cc(Br)ccc32)cc1N1CCNCC1. The minimum Gasteiger partial charge on any atom is -0.495 e. The molecule has 0 radical (unpaired) electrons. The second-order valence-electron chi connectivity index (χ2n) is 6.62. The lowest BCUT2D eigenvalue weighted by atomic mass is 10.0. The minimum atomic E-state index is 0.957. The van der Waals surface area contributed by atoms with Crippen LogP contribution in [0.25, 0.3) is 0 Å². The van der Waals surface area contributed by atoms with Gasteiger partial charge in [0.25, 0.3) is 0 Å². The summed E-state index contributed by atoms with van der Waals surface area (Å²) in [6.07, 6.45) is 2.32. The average Bonchev–Trinajstić information content (AvgIpc) is 2.67. The zero-order chi connectivity index (χ0) is 17.2. The lowest BCUT2D eigenvalue weighted by molar-refractivity contribution is 0.413. The summed E-state index contributed by atoms with van der Waals surface area (Å²) in [5.41, 5.74) is 5.19. The van der Waals surface area contributed by atoms with Gasteiger partial charge in [0.15, 0.2) is 0 Å². The third-order valence-corrected chi connectivity index (χ3v) is 5.59. The smallest absolute Gasteiger partial charge is 0.142 e. The Morgan fingerprint density at radius 1 is 1.00 bits per heavy atom. The van der Waals surface area contributed by atoms with Crippen molar-refractivity contribution in [1.82, 2.24) is 5.32 Å². The molecule has 0 spiro atoms. The van der Waals surface area contributed by atoms with Crippen molar-refractivity contribution in [3.05, 3.63) is 46.4 Å². The summed E-state index contributed by atoms with van der Waals surface area (Å²) in [7, 11) is 1.76. The van der Waals surface area contributed by atoms with Gasteiger partial charge < -0.3 is 19.9 Å². The quantitative estimate of drug-likeness (QED) is 0.842. The monoisotopic (exact) mass is 401 g/mol. The molecule has 2 aromatic rings. The number of hydrogen-bond donors (Lipinski definition) is 1. The van der Waals surface area contributed by atoms with Crippen LogP contribution >= 0.6 is 15.9 Å². The lowest BCUT2D eigenvalue weighted by Gasteiger charge is -2.34. The maximum absolute atomic E-state index is 5.64. The Labute approximate surface area is 157 Å². The van der Waals surface area contributed by atoms with Crippen LogP contribution in [0.4, 0.5) is 17.1 Å². The highest BCUT2D eigenvalue weighted by molar-refractivity contribution is 9.10. The predicted octanol–water partition coefficient (Wildman–Crippen LogP) is 3.95. The van der Waals surface area contributed by atoms with Gasteiger partial charge in [-0.15, -0.1) is 0 Å². The maximum atomic E-state index is 5.64. The zero-order valence-electron chi connectivity index (χ0n) is 14.6. The molecule has 0 aliphatic carbocycles. The van der Waals surface area contributed by atoms with Crippen molar-refractivity contribution < 1.29 is 4.74 Å². The Hall–Kier alpha value is -1.72. The first kappa shape index (κ1) is 16.7. The first-order chi connectivity index (χ1) is 12.3. The van der Waals surface area contributed by atoms with Crippen LogP contribution in [0.15, 0.2) is 40.9 Å². The summed E-state index contributed by atoms with van der Waals surface area (Å²) in [6, 6.07) is 13.2. The van der Waals surface area contributed by atoms with Gasteiger partial charge in [-0.25, -0.2) is 0 Å². The molecule has 5 heteroatoms. The fraction of sp³-hybridized carbons (Fsp3) is 0.400. The molecule has 0 aromatic heterocycles. The third kappa shape index (κ3) is 3.35. The van der Waals surface area contributed by atoms with Crippen LogP contribution in [0.1, 0.15) is 12.0 Å². The fourth-order valence-electron chi connectivity index (χ4n) is 3.83. The van der Waals surface area contributed by atoms with E-state index in [0.29, 0.717) is 0 Å². The van der Waals surface area contributed by atoms with Crippen molar-refractivity contribution in [2.45, 2.75) is 12.8 Å². The number of nitrogens with one attached hydrogen (secondary N) is 1. The number of hydrogen-bond acceptors (Lipinski definition) is 4. The van der Waals surface area contributed by atoms with Crippen LogP contribution in [0.2, 0.25) is 0 Å². The zero-order valence-corrected chi connectivity index (χ0v) is 16.2. The molecule has 132 valence electrons. The van der Waals surface area contributed by atoms with Crippen LogP contribution in [0, 0.1) is 0 Å². The van der Waals surface area contributed by atoms with Crippen LogP contribution in [0.5, 0.6) is 5.75 Å². The molecule has 1 N–H and O–H groups in total. The van der Waals surface area contributed by atoms with E-state index in [1.54, 1.807) is 7.11 Å². The van der Waals surface area contributed by atoms with Crippen molar-refractivity contribution in [3.63, 3.8) is 0 Å². The number of nitrogens with zero attached hydrogens (tertiary/aromatic N) is 2. The highest BCUT2D eigenvalue weighted by Gasteiger charge is 2.21. The Kier molecular flexibility index (Phi) is 4.86. The van der Waals surface area contributed by atoms with E-state index in [-0.39, 0.29) is 0 Å². The van der Waals surface area contributed by atoms with Gasteiger partial charge in [0.1, 0.15) is 5.75 Å². The molecule has 2 aliphatic rings. The fourth-order valence-corrected chi connectivity index (χ4v) is 4.24. The molecule has 1 saturated heterocycles. The molecule has 2 heterocycles. The van der Waals surface area contributed by atoms with Gasteiger partial charge in [0.05, 0.1) is 12.8 Å². The van der Waals surface area contributed by atoms with Crippen LogP contribution in [-0.4, -0.2) is 39.8 Å². The molecule has 0 bridgehead atoms. The minimum absolute atomic E-state index is 0.957. The normalized spacial score (nSPS) is 17.4. The van der Waals surface area contributed by atoms with Crippen molar-refractivity contribution in [3.8, 4) is 5.75 Å². The molecule has 4 rings (SSSR count). The molecule has 2 aliphatic heterocycles. The second kappa shape index (κ2) is 7.26. The topological polar surface area (TPSA) is 27.7 Å². The molecule has 0 saturated carbocycles. The molecule has 1 fully saturated rings. The van der Waals surface area contributed by atoms with Crippen molar-refractivity contribution in [1.29, 1.82) is 0 Å². The second-order valence-corrected chi connectivity index (χ2v) is 7.54. The highest BCUT2D eigenvalue weighted by Crippen LogP contribution is 2.39. The van der Waals surface area contributed by atoms with E-state index in [4.69, 9.17) is 4.74 Å². The van der Waals surface area contributed by atoms with Crippen molar-refractivity contribution in [2.75, 3.05) is 49.6 Å². The van der Waals surface area contributed by atoms with Gasteiger partial charge >= 0.3 is 0 Å². The van der Waals surface area contributed by atoms with E-state index in [1.807, 2.05) is 0 Å². The van der Waals surface area contributed by atoms with Gasteiger partial charge in [0, 0.05) is 48.6 Å². The summed E-state index contributed by atoms with van der Waals surface area (Å²) in [5.74, 6) is 0.957. The number of aryl methyl sites for hydroxylation is 1. The third-order valence-electron chi connectivity index (χ3n) is 5.09. The van der Waals surface area contributed by atoms with E-state index in [9.17, 15) is 0 Å². The number of anilines is 3.